The highest BCUT2D eigenvalue weighted by Crippen LogP contribution is 2.31. The lowest BCUT2D eigenvalue weighted by atomic mass is 10.0. The van der Waals surface area contributed by atoms with E-state index in [2.05, 4.69) is 5.32 Å². The Morgan fingerprint density at radius 2 is 1.62 bits per heavy atom. The van der Waals surface area contributed by atoms with Gasteiger partial charge in [0.1, 0.15) is 0 Å². The summed E-state index contributed by atoms with van der Waals surface area (Å²) in [6, 6.07) is 10.6. The first kappa shape index (κ1) is 15.9. The van der Waals surface area contributed by atoms with Crippen LogP contribution in [0.15, 0.2) is 42.5 Å². The molecule has 0 amide bonds. The Morgan fingerprint density at radius 3 is 2.19 bits per heavy atom. The molecule has 0 aliphatic heterocycles. The Labute approximate surface area is 126 Å². The maximum Gasteiger partial charge on any atom is 0.416 e. The molecule has 0 saturated heterocycles. The molecule has 0 spiro atoms. The fourth-order valence-corrected chi connectivity index (χ4v) is 2.19. The monoisotopic (exact) mass is 313 g/mol. The quantitative estimate of drug-likeness (QED) is 0.824. The van der Waals surface area contributed by atoms with Crippen LogP contribution in [0.2, 0.25) is 5.02 Å². The molecule has 0 aliphatic rings. The van der Waals surface area contributed by atoms with Crippen LogP contribution in [0.3, 0.4) is 0 Å². The van der Waals surface area contributed by atoms with Crippen LogP contribution in [0.25, 0.3) is 11.1 Å². The van der Waals surface area contributed by atoms with Gasteiger partial charge in [0.25, 0.3) is 0 Å². The van der Waals surface area contributed by atoms with E-state index < -0.39 is 11.7 Å². The van der Waals surface area contributed by atoms with Gasteiger partial charge in [-0.05, 0) is 47.5 Å². The molecule has 0 atom stereocenters. The summed E-state index contributed by atoms with van der Waals surface area (Å²) in [5.41, 5.74) is 1.86. The van der Waals surface area contributed by atoms with Crippen molar-refractivity contribution in [3.8, 4) is 11.1 Å². The van der Waals surface area contributed by atoms with Gasteiger partial charge in [-0.2, -0.15) is 13.2 Å². The van der Waals surface area contributed by atoms with E-state index in [9.17, 15) is 13.2 Å². The van der Waals surface area contributed by atoms with Crippen molar-refractivity contribution >= 4 is 11.6 Å². The molecule has 112 valence electrons. The summed E-state index contributed by atoms with van der Waals surface area (Å²) in [6.45, 7) is 3.44. The Hall–Kier alpha value is -1.52. The molecule has 0 aromatic heterocycles. The van der Waals surface area contributed by atoms with E-state index in [1.165, 1.54) is 12.1 Å². The lowest BCUT2D eigenvalue weighted by Gasteiger charge is -2.10. The van der Waals surface area contributed by atoms with Crippen molar-refractivity contribution in [2.45, 2.75) is 19.6 Å². The number of benzene rings is 2. The molecule has 0 bridgehead atoms. The normalized spacial score (nSPS) is 11.7. The minimum Gasteiger partial charge on any atom is -0.313 e. The van der Waals surface area contributed by atoms with Crippen molar-refractivity contribution in [3.63, 3.8) is 0 Å². The highest BCUT2D eigenvalue weighted by molar-refractivity contribution is 6.31. The molecule has 1 nitrogen and oxygen atoms in total. The largest absolute Gasteiger partial charge is 0.416 e. The van der Waals surface area contributed by atoms with E-state index >= 15 is 0 Å². The molecule has 2 rings (SSSR count). The van der Waals surface area contributed by atoms with Crippen molar-refractivity contribution in [2.75, 3.05) is 6.54 Å². The lowest BCUT2D eigenvalue weighted by Crippen LogP contribution is -2.12. The minimum atomic E-state index is -4.31. The molecule has 2 aromatic rings. The predicted octanol–water partition coefficient (Wildman–Crippen LogP) is 5.14. The first-order valence-corrected chi connectivity index (χ1v) is 6.96. The van der Waals surface area contributed by atoms with Crippen molar-refractivity contribution in [3.05, 3.63) is 58.6 Å². The number of hydrogen-bond acceptors (Lipinski definition) is 1. The summed E-state index contributed by atoms with van der Waals surface area (Å²) in [5, 5.41) is 3.82. The van der Waals surface area contributed by atoms with E-state index in [4.69, 9.17) is 11.6 Å². The van der Waals surface area contributed by atoms with E-state index in [1.807, 2.05) is 13.0 Å². The molecular formula is C16H15ClF3N. The van der Waals surface area contributed by atoms with Crippen LogP contribution in [-0.4, -0.2) is 6.54 Å². The van der Waals surface area contributed by atoms with Crippen LogP contribution < -0.4 is 5.32 Å². The summed E-state index contributed by atoms with van der Waals surface area (Å²) in [6.07, 6.45) is -4.31. The molecular weight excluding hydrogens is 299 g/mol. The van der Waals surface area contributed by atoms with Gasteiger partial charge in [0.15, 0.2) is 0 Å². The SMILES string of the molecule is CCNCc1cc(-c2ccc(C(F)(F)F)cc2)ccc1Cl. The van der Waals surface area contributed by atoms with E-state index in [-0.39, 0.29) is 0 Å². The van der Waals surface area contributed by atoms with Gasteiger partial charge in [-0.1, -0.05) is 36.7 Å². The molecule has 0 unspecified atom stereocenters. The molecule has 5 heteroatoms. The molecule has 0 aliphatic carbocycles. The maximum atomic E-state index is 12.6. The smallest absolute Gasteiger partial charge is 0.313 e. The average molecular weight is 314 g/mol. The third-order valence-corrected chi connectivity index (χ3v) is 3.53. The van der Waals surface area contributed by atoms with Crippen LogP contribution in [0.1, 0.15) is 18.1 Å². The summed E-state index contributed by atoms with van der Waals surface area (Å²) in [4.78, 5) is 0. The van der Waals surface area contributed by atoms with Crippen LogP contribution in [0.4, 0.5) is 13.2 Å². The summed E-state index contributed by atoms with van der Waals surface area (Å²) < 4.78 is 37.7. The van der Waals surface area contributed by atoms with Gasteiger partial charge in [0.2, 0.25) is 0 Å². The average Bonchev–Trinajstić information content (AvgIpc) is 2.46. The Bertz CT molecular complexity index is 606. The van der Waals surface area contributed by atoms with Gasteiger partial charge in [-0.3, -0.25) is 0 Å². The van der Waals surface area contributed by atoms with Crippen molar-refractivity contribution in [1.82, 2.24) is 5.32 Å². The number of hydrogen-bond donors (Lipinski definition) is 1. The third-order valence-electron chi connectivity index (χ3n) is 3.16. The first-order chi connectivity index (χ1) is 9.91. The van der Waals surface area contributed by atoms with Crippen molar-refractivity contribution < 1.29 is 13.2 Å². The lowest BCUT2D eigenvalue weighted by molar-refractivity contribution is -0.137. The molecule has 0 radical (unpaired) electrons. The number of nitrogens with one attached hydrogen (secondary N) is 1. The maximum absolute atomic E-state index is 12.6. The van der Waals surface area contributed by atoms with Gasteiger partial charge in [-0.25, -0.2) is 0 Å². The second kappa shape index (κ2) is 6.50. The molecule has 0 heterocycles. The van der Waals surface area contributed by atoms with Crippen LogP contribution in [0, 0.1) is 0 Å². The van der Waals surface area contributed by atoms with E-state index in [0.29, 0.717) is 11.6 Å². The zero-order valence-electron chi connectivity index (χ0n) is 11.5. The fraction of sp³-hybridized carbons (Fsp3) is 0.250. The van der Waals surface area contributed by atoms with Crippen LogP contribution in [0.5, 0.6) is 0 Å². The van der Waals surface area contributed by atoms with Gasteiger partial charge in [0.05, 0.1) is 5.56 Å². The second-order valence-corrected chi connectivity index (χ2v) is 5.07. The standard InChI is InChI=1S/C16H15ClF3N/c1-2-21-10-13-9-12(5-8-15(13)17)11-3-6-14(7-4-11)16(18,19)20/h3-9,21H,2,10H2,1H3. The number of alkyl halides is 3. The first-order valence-electron chi connectivity index (χ1n) is 6.58. The van der Waals surface area contributed by atoms with Crippen LogP contribution >= 0.6 is 11.6 Å². The van der Waals surface area contributed by atoms with Crippen molar-refractivity contribution in [2.24, 2.45) is 0 Å². The van der Waals surface area contributed by atoms with Gasteiger partial charge < -0.3 is 5.32 Å². The topological polar surface area (TPSA) is 12.0 Å². The Morgan fingerprint density at radius 1 is 1.00 bits per heavy atom. The summed E-state index contributed by atoms with van der Waals surface area (Å²) in [7, 11) is 0. The number of rotatable bonds is 4. The molecule has 0 fully saturated rings. The van der Waals surface area contributed by atoms with Gasteiger partial charge in [-0.15, -0.1) is 0 Å². The molecule has 0 saturated carbocycles. The van der Waals surface area contributed by atoms with Crippen molar-refractivity contribution in [1.29, 1.82) is 0 Å². The zero-order valence-corrected chi connectivity index (χ0v) is 12.2. The van der Waals surface area contributed by atoms with Crippen LogP contribution in [-0.2, 0) is 12.7 Å². The summed E-state index contributed by atoms with van der Waals surface area (Å²) in [5.74, 6) is 0. The third kappa shape index (κ3) is 3.99. The second-order valence-electron chi connectivity index (χ2n) is 4.66. The van der Waals surface area contributed by atoms with E-state index in [1.54, 1.807) is 12.1 Å². The highest BCUT2D eigenvalue weighted by atomic mass is 35.5. The van der Waals surface area contributed by atoms with Gasteiger partial charge in [0, 0.05) is 11.6 Å². The molecule has 1 N–H and O–H groups in total. The Balaban J connectivity index is 2.29. The minimum absolute atomic E-state index is 0.629. The summed E-state index contributed by atoms with van der Waals surface area (Å²) >= 11 is 6.12. The molecule has 21 heavy (non-hydrogen) atoms. The van der Waals surface area contributed by atoms with E-state index in [0.717, 1.165) is 35.4 Å². The van der Waals surface area contributed by atoms with Gasteiger partial charge >= 0.3 is 6.18 Å². The fourth-order valence-electron chi connectivity index (χ4n) is 2.00. The molecule has 2 aromatic carbocycles. The number of halogens is 4. The highest BCUT2D eigenvalue weighted by Gasteiger charge is 2.29. The Kier molecular flexibility index (Phi) is 4.91. The predicted molar refractivity (Wildman–Crippen MR) is 79.3 cm³/mol. The zero-order chi connectivity index (χ0) is 15.5.